The highest BCUT2D eigenvalue weighted by molar-refractivity contribution is 5.98. The van der Waals surface area contributed by atoms with Gasteiger partial charge in [0.25, 0.3) is 11.5 Å². The Hall–Kier alpha value is -4.47. The smallest absolute Gasteiger partial charge is 0.270 e. The van der Waals surface area contributed by atoms with Gasteiger partial charge in [0.05, 0.1) is 17.6 Å². The van der Waals surface area contributed by atoms with Gasteiger partial charge in [-0.25, -0.2) is 9.67 Å². The van der Waals surface area contributed by atoms with E-state index in [2.05, 4.69) is 15.3 Å². The van der Waals surface area contributed by atoms with Crippen molar-refractivity contribution >= 4 is 22.6 Å². The summed E-state index contributed by atoms with van der Waals surface area (Å²) in [7, 11) is 0. The number of hydrogen-bond acceptors (Lipinski definition) is 6. The van der Waals surface area contributed by atoms with Crippen molar-refractivity contribution < 1.29 is 9.53 Å². The Kier molecular flexibility index (Phi) is 5.48. The van der Waals surface area contributed by atoms with Crippen LogP contribution >= 0.6 is 0 Å². The van der Waals surface area contributed by atoms with Crippen LogP contribution in [-0.4, -0.2) is 52.8 Å². The van der Waals surface area contributed by atoms with Crippen molar-refractivity contribution in [3.63, 3.8) is 0 Å². The van der Waals surface area contributed by atoms with Gasteiger partial charge < -0.3 is 14.2 Å². The maximum atomic E-state index is 13.4. The van der Waals surface area contributed by atoms with E-state index in [1.54, 1.807) is 34.0 Å². The summed E-state index contributed by atoms with van der Waals surface area (Å²) in [5.41, 5.74) is 2.15. The lowest BCUT2D eigenvalue weighted by Gasteiger charge is -2.38. The van der Waals surface area contributed by atoms with E-state index in [0.29, 0.717) is 48.6 Å². The Balaban J connectivity index is 1.19. The van der Waals surface area contributed by atoms with Gasteiger partial charge in [-0.2, -0.15) is 0 Å². The second kappa shape index (κ2) is 8.95. The molecule has 5 heterocycles. The lowest BCUT2D eigenvalue weighted by atomic mass is 10.1. The Labute approximate surface area is 206 Å². The van der Waals surface area contributed by atoms with Crippen LogP contribution in [0.4, 0.5) is 0 Å². The number of aromatic nitrogens is 6. The van der Waals surface area contributed by atoms with E-state index < -0.39 is 0 Å². The lowest BCUT2D eigenvalue weighted by Crippen LogP contribution is -2.51. The highest BCUT2D eigenvalue weighted by atomic mass is 16.5. The van der Waals surface area contributed by atoms with Crippen molar-refractivity contribution in [3.8, 4) is 5.75 Å². The number of amides is 1. The van der Waals surface area contributed by atoms with Crippen LogP contribution < -0.4 is 10.3 Å². The third-order valence-corrected chi connectivity index (χ3v) is 6.45. The second-order valence-electron chi connectivity index (χ2n) is 8.92. The van der Waals surface area contributed by atoms with Crippen LogP contribution in [0.15, 0.2) is 71.8 Å². The zero-order valence-corrected chi connectivity index (χ0v) is 19.8. The quantitative estimate of drug-likeness (QED) is 0.353. The Morgan fingerprint density at radius 1 is 1.11 bits per heavy atom. The standard InChI is InChI=1S/C26H25N7O3/c1-2-11-31-22(13-21-24(31)27-23-10-6-7-12-32(23)25(21)34)26(35)30-15-19(16-30)33-14-18(28-29-33)17-36-20-8-4-3-5-9-20/h3-10,12-14,19H,2,11,15-17H2,1H3. The Morgan fingerprint density at radius 3 is 2.72 bits per heavy atom. The summed E-state index contributed by atoms with van der Waals surface area (Å²) in [5, 5.41) is 8.88. The molecule has 0 radical (unpaired) electrons. The van der Waals surface area contributed by atoms with Crippen LogP contribution in [0.1, 0.15) is 35.6 Å². The average Bonchev–Trinajstić information content (AvgIpc) is 3.48. The predicted octanol–water partition coefficient (Wildman–Crippen LogP) is 2.93. The molecule has 5 aromatic rings. The van der Waals surface area contributed by atoms with Gasteiger partial charge >= 0.3 is 0 Å². The number of ether oxygens (including phenoxy) is 1. The summed E-state index contributed by atoms with van der Waals surface area (Å²) in [5.74, 6) is 0.663. The van der Waals surface area contributed by atoms with E-state index in [-0.39, 0.29) is 17.5 Å². The molecule has 1 amide bonds. The summed E-state index contributed by atoms with van der Waals surface area (Å²) < 4.78 is 10.9. The van der Waals surface area contributed by atoms with E-state index in [4.69, 9.17) is 4.74 Å². The van der Waals surface area contributed by atoms with Gasteiger partial charge in [-0.3, -0.25) is 14.0 Å². The van der Waals surface area contributed by atoms with Crippen molar-refractivity contribution in [1.29, 1.82) is 0 Å². The van der Waals surface area contributed by atoms with Crippen LogP contribution in [0.25, 0.3) is 16.7 Å². The largest absolute Gasteiger partial charge is 0.487 e. The molecule has 182 valence electrons. The predicted molar refractivity (Wildman–Crippen MR) is 133 cm³/mol. The van der Waals surface area contributed by atoms with E-state index in [9.17, 15) is 9.59 Å². The molecule has 10 heteroatoms. The number of pyridine rings is 1. The maximum absolute atomic E-state index is 13.4. The highest BCUT2D eigenvalue weighted by Crippen LogP contribution is 2.25. The first-order chi connectivity index (χ1) is 17.6. The Morgan fingerprint density at radius 2 is 1.92 bits per heavy atom. The maximum Gasteiger partial charge on any atom is 0.270 e. The minimum Gasteiger partial charge on any atom is -0.487 e. The second-order valence-corrected chi connectivity index (χ2v) is 8.92. The topological polar surface area (TPSA) is 99.5 Å². The number of rotatable bonds is 7. The van der Waals surface area contributed by atoms with Crippen molar-refractivity contribution in [2.75, 3.05) is 13.1 Å². The molecular formula is C26H25N7O3. The number of benzene rings is 1. The van der Waals surface area contributed by atoms with E-state index >= 15 is 0 Å². The molecule has 36 heavy (non-hydrogen) atoms. The molecule has 1 aromatic carbocycles. The molecule has 4 aromatic heterocycles. The van der Waals surface area contributed by atoms with Crippen LogP contribution in [0.3, 0.4) is 0 Å². The van der Waals surface area contributed by atoms with Gasteiger partial charge in [-0.05, 0) is 36.8 Å². The van der Waals surface area contributed by atoms with Gasteiger partial charge in [0.1, 0.15) is 35.0 Å². The molecule has 1 saturated heterocycles. The number of carbonyl (C=O) groups excluding carboxylic acids is 1. The van der Waals surface area contributed by atoms with E-state index in [0.717, 1.165) is 17.9 Å². The molecule has 0 N–H and O–H groups in total. The van der Waals surface area contributed by atoms with Crippen LogP contribution in [0, 0.1) is 0 Å². The molecular weight excluding hydrogens is 458 g/mol. The van der Waals surface area contributed by atoms with Gasteiger partial charge in [0.15, 0.2) is 0 Å². The lowest BCUT2D eigenvalue weighted by molar-refractivity contribution is 0.0487. The first-order valence-electron chi connectivity index (χ1n) is 12.0. The number of para-hydroxylation sites is 1. The number of likely N-dealkylation sites (tertiary alicyclic amines) is 1. The van der Waals surface area contributed by atoms with Crippen LogP contribution in [0.2, 0.25) is 0 Å². The van der Waals surface area contributed by atoms with Crippen molar-refractivity contribution in [2.45, 2.75) is 32.5 Å². The van der Waals surface area contributed by atoms with Crippen molar-refractivity contribution in [2.24, 2.45) is 0 Å². The number of hydrogen-bond donors (Lipinski definition) is 0. The average molecular weight is 484 g/mol. The summed E-state index contributed by atoms with van der Waals surface area (Å²) in [4.78, 5) is 33.0. The number of nitrogens with zero attached hydrogens (tertiary/aromatic N) is 7. The van der Waals surface area contributed by atoms with E-state index in [1.807, 2.05) is 54.1 Å². The number of aryl methyl sites for hydroxylation is 1. The third kappa shape index (κ3) is 3.80. The zero-order valence-electron chi connectivity index (χ0n) is 19.8. The molecule has 0 saturated carbocycles. The number of fused-ring (bicyclic) bond motifs is 2. The summed E-state index contributed by atoms with van der Waals surface area (Å²) >= 11 is 0. The molecule has 10 nitrogen and oxygen atoms in total. The van der Waals surface area contributed by atoms with Gasteiger partial charge in [0, 0.05) is 25.8 Å². The molecule has 0 unspecified atom stereocenters. The molecule has 1 aliphatic heterocycles. The zero-order chi connectivity index (χ0) is 24.6. The monoisotopic (exact) mass is 483 g/mol. The fraction of sp³-hybridized carbons (Fsp3) is 0.269. The Bertz CT molecular complexity index is 1610. The summed E-state index contributed by atoms with van der Waals surface area (Å²) in [6, 6.07) is 16.7. The SMILES string of the molecule is CCCn1c(C(=O)N2CC(n3cc(COc4ccccc4)nn3)C2)cc2c(=O)n3ccccc3nc21. The number of carbonyl (C=O) groups is 1. The van der Waals surface area contributed by atoms with Gasteiger partial charge in [-0.15, -0.1) is 5.10 Å². The molecule has 0 spiro atoms. The summed E-state index contributed by atoms with van der Waals surface area (Å²) in [6.07, 6.45) is 4.37. The minimum absolute atomic E-state index is 0.0438. The first kappa shape index (κ1) is 22.0. The molecule has 0 bridgehead atoms. The molecule has 0 aliphatic carbocycles. The van der Waals surface area contributed by atoms with E-state index in [1.165, 1.54) is 4.40 Å². The first-order valence-corrected chi connectivity index (χ1v) is 12.0. The molecule has 0 atom stereocenters. The molecule has 6 rings (SSSR count). The normalized spacial score (nSPS) is 13.9. The highest BCUT2D eigenvalue weighted by Gasteiger charge is 2.35. The third-order valence-electron chi connectivity index (χ3n) is 6.45. The molecule has 1 fully saturated rings. The van der Waals surface area contributed by atoms with Crippen molar-refractivity contribution in [1.82, 2.24) is 33.8 Å². The van der Waals surface area contributed by atoms with Crippen LogP contribution in [0.5, 0.6) is 5.75 Å². The van der Waals surface area contributed by atoms with Gasteiger partial charge in [0.2, 0.25) is 0 Å². The van der Waals surface area contributed by atoms with Crippen molar-refractivity contribution in [3.05, 3.63) is 88.7 Å². The fourth-order valence-electron chi connectivity index (χ4n) is 4.56. The minimum atomic E-state index is -0.172. The van der Waals surface area contributed by atoms with Crippen LogP contribution in [-0.2, 0) is 13.2 Å². The summed E-state index contributed by atoms with van der Waals surface area (Å²) in [6.45, 7) is 4.00. The molecule has 1 aliphatic rings. The fourth-order valence-corrected chi connectivity index (χ4v) is 4.56. The van der Waals surface area contributed by atoms with Gasteiger partial charge in [-0.1, -0.05) is 36.4 Å².